The molecule has 0 aliphatic heterocycles. The highest BCUT2D eigenvalue weighted by Crippen LogP contribution is 2.32. The van der Waals surface area contributed by atoms with E-state index in [-0.39, 0.29) is 18.2 Å². The Kier molecular flexibility index (Phi) is 6.72. The number of carbonyl (C=O) groups is 2. The lowest BCUT2D eigenvalue weighted by Crippen LogP contribution is -2.41. The maximum atomic E-state index is 12.4. The van der Waals surface area contributed by atoms with E-state index < -0.39 is 0 Å². The van der Waals surface area contributed by atoms with Gasteiger partial charge in [-0.05, 0) is 68.9 Å². The zero-order valence-electron chi connectivity index (χ0n) is 16.7. The Hall–Kier alpha value is -1.93. The number of hydrogen-bond donors (Lipinski definition) is 2. The smallest absolute Gasteiger partial charge is 0.273 e. The minimum atomic E-state index is -0.250. The van der Waals surface area contributed by atoms with Crippen LogP contribution in [-0.4, -0.2) is 28.0 Å². The predicted molar refractivity (Wildman–Crippen MR) is 113 cm³/mol. The van der Waals surface area contributed by atoms with Crippen LogP contribution in [0.25, 0.3) is 0 Å². The maximum absolute atomic E-state index is 12.4. The molecule has 0 aromatic carbocycles. The number of amides is 2. The highest BCUT2D eigenvalue weighted by atomic mass is 32.2. The summed E-state index contributed by atoms with van der Waals surface area (Å²) in [5, 5.41) is 0.739. The second-order valence-electron chi connectivity index (χ2n) is 7.27. The zero-order valence-corrected chi connectivity index (χ0v) is 18.4. The molecule has 2 aromatic heterocycles. The van der Waals surface area contributed by atoms with Crippen molar-refractivity contribution < 1.29 is 9.59 Å². The van der Waals surface area contributed by atoms with Crippen LogP contribution in [0, 0.1) is 19.8 Å². The first-order chi connectivity index (χ1) is 13.4. The predicted octanol–water partition coefficient (Wildman–Crippen LogP) is 3.40. The van der Waals surface area contributed by atoms with Crippen molar-refractivity contribution in [1.82, 2.24) is 20.8 Å². The van der Waals surface area contributed by atoms with Gasteiger partial charge in [0.05, 0.1) is 4.88 Å². The average Bonchev–Trinajstić information content (AvgIpc) is 3.08. The second-order valence-corrected chi connectivity index (χ2v) is 9.18. The van der Waals surface area contributed by atoms with E-state index in [1.807, 2.05) is 26.2 Å². The van der Waals surface area contributed by atoms with Crippen LogP contribution in [0.3, 0.4) is 0 Å². The van der Waals surface area contributed by atoms with Crippen LogP contribution in [0.15, 0.2) is 11.2 Å². The summed E-state index contributed by atoms with van der Waals surface area (Å²) in [6.07, 6.45) is 5.99. The molecule has 1 aliphatic rings. The first-order valence-electron chi connectivity index (χ1n) is 9.46. The van der Waals surface area contributed by atoms with Crippen molar-refractivity contribution in [1.29, 1.82) is 0 Å². The molecule has 150 valence electrons. The number of aromatic nitrogens is 2. The van der Waals surface area contributed by atoms with Crippen molar-refractivity contribution in [3.63, 3.8) is 0 Å². The molecule has 0 bridgehead atoms. The van der Waals surface area contributed by atoms with Crippen molar-refractivity contribution in [2.45, 2.75) is 58.0 Å². The molecule has 3 rings (SSSR count). The molecule has 0 radical (unpaired) electrons. The Labute approximate surface area is 173 Å². The first-order valence-corrected chi connectivity index (χ1v) is 11.5. The average molecular weight is 419 g/mol. The van der Waals surface area contributed by atoms with Crippen molar-refractivity contribution >= 4 is 34.9 Å². The van der Waals surface area contributed by atoms with Gasteiger partial charge in [0.15, 0.2) is 5.16 Å². The number of hydrogen-bond acceptors (Lipinski definition) is 6. The van der Waals surface area contributed by atoms with E-state index in [2.05, 4.69) is 27.7 Å². The van der Waals surface area contributed by atoms with Gasteiger partial charge < -0.3 is 0 Å². The monoisotopic (exact) mass is 418 g/mol. The van der Waals surface area contributed by atoms with Crippen LogP contribution in [0.4, 0.5) is 0 Å². The van der Waals surface area contributed by atoms with Crippen LogP contribution >= 0.6 is 23.1 Å². The van der Waals surface area contributed by atoms with E-state index in [0.717, 1.165) is 34.9 Å². The quantitative estimate of drug-likeness (QED) is 0.442. The SMILES string of the molecule is CSc1nc(C)c(CCC(=O)NNC(=O)c2cc3c(s2)CC[C@H](C)C3)c(C)n1. The van der Waals surface area contributed by atoms with Gasteiger partial charge in [-0.3, -0.25) is 20.4 Å². The number of thioether (sulfide) groups is 1. The Bertz CT molecular complexity index is 871. The normalized spacial score (nSPS) is 15.8. The van der Waals surface area contributed by atoms with E-state index in [0.29, 0.717) is 17.2 Å². The van der Waals surface area contributed by atoms with Crippen molar-refractivity contribution in [2.24, 2.45) is 5.92 Å². The maximum Gasteiger partial charge on any atom is 0.279 e. The summed E-state index contributed by atoms with van der Waals surface area (Å²) in [6.45, 7) is 6.11. The molecule has 0 fully saturated rings. The summed E-state index contributed by atoms with van der Waals surface area (Å²) in [7, 11) is 0. The molecular formula is C20H26N4O2S2. The lowest BCUT2D eigenvalue weighted by atomic mass is 9.90. The van der Waals surface area contributed by atoms with Gasteiger partial charge in [-0.1, -0.05) is 18.7 Å². The molecule has 6 nitrogen and oxygen atoms in total. The summed E-state index contributed by atoms with van der Waals surface area (Å²) in [5.41, 5.74) is 9.12. The number of nitrogens with zero attached hydrogens (tertiary/aromatic N) is 2. The highest BCUT2D eigenvalue weighted by Gasteiger charge is 2.21. The van der Waals surface area contributed by atoms with Crippen LogP contribution in [0.5, 0.6) is 0 Å². The Balaban J connectivity index is 1.51. The third-order valence-electron chi connectivity index (χ3n) is 5.05. The lowest BCUT2D eigenvalue weighted by molar-refractivity contribution is -0.121. The first kappa shape index (κ1) is 20.8. The Morgan fingerprint density at radius 2 is 1.96 bits per heavy atom. The molecule has 28 heavy (non-hydrogen) atoms. The topological polar surface area (TPSA) is 84.0 Å². The molecule has 2 amide bonds. The second kappa shape index (κ2) is 9.05. The van der Waals surface area contributed by atoms with Gasteiger partial charge in [-0.2, -0.15) is 0 Å². The third kappa shape index (κ3) is 4.91. The number of rotatable bonds is 5. The molecule has 8 heteroatoms. The highest BCUT2D eigenvalue weighted by molar-refractivity contribution is 7.98. The Morgan fingerprint density at radius 1 is 1.25 bits per heavy atom. The van der Waals surface area contributed by atoms with Crippen LogP contribution < -0.4 is 10.9 Å². The number of thiophene rings is 1. The van der Waals surface area contributed by atoms with Gasteiger partial charge in [0.1, 0.15) is 0 Å². The summed E-state index contributed by atoms with van der Waals surface area (Å²) in [4.78, 5) is 35.4. The van der Waals surface area contributed by atoms with Crippen LogP contribution in [0.1, 0.15) is 56.8 Å². The van der Waals surface area contributed by atoms with Gasteiger partial charge in [-0.25, -0.2) is 9.97 Å². The number of aryl methyl sites for hydroxylation is 3. The number of nitrogens with one attached hydrogen (secondary N) is 2. The minimum Gasteiger partial charge on any atom is -0.273 e. The van der Waals surface area contributed by atoms with E-state index in [1.165, 1.54) is 40.0 Å². The van der Waals surface area contributed by atoms with Gasteiger partial charge in [0, 0.05) is 22.7 Å². The standard InChI is InChI=1S/C20H26N4O2S2/c1-11-5-7-16-14(9-11)10-17(28-16)19(26)24-23-18(25)8-6-15-12(2)21-20(27-4)22-13(15)3/h10-11H,5-9H2,1-4H3,(H,23,25)(H,24,26)/t11-/m0/s1. The molecule has 0 saturated carbocycles. The fraction of sp³-hybridized carbons (Fsp3) is 0.500. The van der Waals surface area contributed by atoms with E-state index in [1.54, 1.807) is 0 Å². The summed E-state index contributed by atoms with van der Waals surface area (Å²) >= 11 is 3.03. The lowest BCUT2D eigenvalue weighted by Gasteiger charge is -2.16. The molecule has 0 saturated heterocycles. The van der Waals surface area contributed by atoms with Crippen molar-refractivity contribution in [3.8, 4) is 0 Å². The zero-order chi connectivity index (χ0) is 20.3. The largest absolute Gasteiger partial charge is 0.279 e. The molecule has 1 atom stereocenters. The molecule has 0 unspecified atom stereocenters. The number of hydrazine groups is 1. The van der Waals surface area contributed by atoms with E-state index in [4.69, 9.17) is 0 Å². The van der Waals surface area contributed by atoms with Gasteiger partial charge in [0.2, 0.25) is 5.91 Å². The van der Waals surface area contributed by atoms with Crippen molar-refractivity contribution in [2.75, 3.05) is 6.26 Å². The van der Waals surface area contributed by atoms with E-state index >= 15 is 0 Å². The molecular weight excluding hydrogens is 392 g/mol. The Morgan fingerprint density at radius 3 is 2.64 bits per heavy atom. The summed E-state index contributed by atoms with van der Waals surface area (Å²) in [5.74, 6) is 0.190. The fourth-order valence-electron chi connectivity index (χ4n) is 3.47. The number of fused-ring (bicyclic) bond motifs is 1. The molecule has 2 aromatic rings. The van der Waals surface area contributed by atoms with Gasteiger partial charge in [0.25, 0.3) is 5.91 Å². The van der Waals surface area contributed by atoms with Crippen molar-refractivity contribution in [3.05, 3.63) is 38.3 Å². The summed E-state index contributed by atoms with van der Waals surface area (Å²) < 4.78 is 0. The van der Waals surface area contributed by atoms with Gasteiger partial charge in [-0.15, -0.1) is 11.3 Å². The molecule has 1 aliphatic carbocycles. The minimum absolute atomic E-state index is 0.226. The summed E-state index contributed by atoms with van der Waals surface area (Å²) in [6, 6.07) is 1.97. The molecule has 0 spiro atoms. The fourth-order valence-corrected chi connectivity index (χ4v) is 5.03. The van der Waals surface area contributed by atoms with Crippen LogP contribution in [0.2, 0.25) is 0 Å². The molecule has 2 heterocycles. The number of carbonyl (C=O) groups excluding carboxylic acids is 2. The van der Waals surface area contributed by atoms with Crippen LogP contribution in [-0.2, 0) is 24.1 Å². The third-order valence-corrected chi connectivity index (χ3v) is 6.84. The van der Waals surface area contributed by atoms with Gasteiger partial charge >= 0.3 is 0 Å². The van der Waals surface area contributed by atoms with E-state index in [9.17, 15) is 9.59 Å². The molecule has 2 N–H and O–H groups in total.